The Morgan fingerprint density at radius 1 is 0.456 bits per heavy atom. The number of rotatable bonds is 4. The molecule has 0 spiro atoms. The number of fused-ring (bicyclic) bond motifs is 6. The first-order valence-electron chi connectivity index (χ1n) is 17.8. The van der Waals surface area contributed by atoms with Crippen LogP contribution < -0.4 is 0 Å². The molecule has 0 unspecified atom stereocenters. The Bertz CT molecular complexity index is 3200. The molecule has 0 aliphatic heterocycles. The summed E-state index contributed by atoms with van der Waals surface area (Å²) in [4.78, 5) is 0. The van der Waals surface area contributed by atoms with Gasteiger partial charge in [-0.05, 0) is 103 Å². The predicted molar refractivity (Wildman–Crippen MR) is 210 cm³/mol. The fourth-order valence-electron chi connectivity index (χ4n) is 7.95. The van der Waals surface area contributed by atoms with Crippen LogP contribution in [0.25, 0.3) is 77.2 Å². The fraction of sp³-hybridized carbons (Fsp3) is 0.0638. The summed E-state index contributed by atoms with van der Waals surface area (Å²) in [5.41, 5.74) is 5.25. The van der Waals surface area contributed by atoms with Gasteiger partial charge in [0.2, 0.25) is 0 Å². The molecule has 2 aromatic heterocycles. The van der Waals surface area contributed by atoms with Crippen LogP contribution in [0.3, 0.4) is 0 Å². The molecule has 0 fully saturated rings. The van der Waals surface area contributed by atoms with E-state index in [1.54, 1.807) is 48.5 Å². The fourth-order valence-corrected chi connectivity index (χ4v) is 7.95. The van der Waals surface area contributed by atoms with Crippen LogP contribution in [-0.2, 0) is 12.4 Å². The third-order valence-electron chi connectivity index (χ3n) is 10.5. The lowest BCUT2D eigenvalue weighted by Gasteiger charge is -2.20. The van der Waals surface area contributed by atoms with Crippen LogP contribution in [0.4, 0.5) is 26.3 Å². The molecule has 9 aromatic rings. The normalized spacial score (nSPS) is 12.1. The number of nitriles is 2. The molecule has 4 nitrogen and oxygen atoms in total. The van der Waals surface area contributed by atoms with Gasteiger partial charge in [-0.2, -0.15) is 36.9 Å². The van der Waals surface area contributed by atoms with Gasteiger partial charge in [-0.1, -0.05) is 60.2 Å². The molecule has 0 atom stereocenters. The molecule has 0 saturated heterocycles. The molecule has 0 bridgehead atoms. The molecule has 7 aromatic carbocycles. The third-order valence-corrected chi connectivity index (χ3v) is 10.5. The van der Waals surface area contributed by atoms with E-state index in [-0.39, 0.29) is 11.1 Å². The van der Waals surface area contributed by atoms with E-state index in [0.717, 1.165) is 51.6 Å². The van der Waals surface area contributed by atoms with E-state index < -0.39 is 23.5 Å². The Kier molecular flexibility index (Phi) is 8.01. The maximum absolute atomic E-state index is 14.1. The lowest BCUT2D eigenvalue weighted by Crippen LogP contribution is -2.06. The Morgan fingerprint density at radius 3 is 1.60 bits per heavy atom. The van der Waals surface area contributed by atoms with Gasteiger partial charge in [-0.15, -0.1) is 0 Å². The number of benzene rings is 7. The Balaban J connectivity index is 1.41. The number of aryl methyl sites for hydroxylation is 1. The molecule has 0 N–H and O–H groups in total. The zero-order chi connectivity index (χ0) is 39.8. The molecule has 0 radical (unpaired) electrons. The van der Waals surface area contributed by atoms with Crippen LogP contribution in [0.5, 0.6) is 0 Å². The lowest BCUT2D eigenvalue weighted by atomic mass is 9.92. The number of alkyl halides is 6. The summed E-state index contributed by atoms with van der Waals surface area (Å²) in [5.74, 6) is 0. The minimum atomic E-state index is -4.67. The van der Waals surface area contributed by atoms with Crippen molar-refractivity contribution in [1.82, 2.24) is 9.13 Å². The molecule has 10 heteroatoms. The maximum Gasteiger partial charge on any atom is 0.416 e. The highest BCUT2D eigenvalue weighted by molar-refractivity contribution is 6.12. The number of halogens is 6. The van der Waals surface area contributed by atoms with Crippen molar-refractivity contribution in [2.75, 3.05) is 0 Å². The molecule has 2 heterocycles. The van der Waals surface area contributed by atoms with Crippen LogP contribution in [0.15, 0.2) is 140 Å². The van der Waals surface area contributed by atoms with Gasteiger partial charge in [0.1, 0.15) is 0 Å². The summed E-state index contributed by atoms with van der Waals surface area (Å²) in [6, 6.07) is 42.4. The summed E-state index contributed by atoms with van der Waals surface area (Å²) >= 11 is 0. The predicted octanol–water partition coefficient (Wildman–Crippen LogP) is 13.3. The van der Waals surface area contributed by atoms with Gasteiger partial charge in [0.05, 0.1) is 67.8 Å². The zero-order valence-electron chi connectivity index (χ0n) is 29.8. The highest BCUT2D eigenvalue weighted by atomic mass is 19.4. The first kappa shape index (κ1) is 35.4. The molecule has 0 aliphatic rings. The van der Waals surface area contributed by atoms with Gasteiger partial charge < -0.3 is 9.13 Å². The third kappa shape index (κ3) is 5.77. The van der Waals surface area contributed by atoms with Crippen LogP contribution in [-0.4, -0.2) is 9.13 Å². The van der Waals surface area contributed by atoms with E-state index in [9.17, 15) is 36.9 Å². The number of para-hydroxylation sites is 2. The Hall–Kier alpha value is -7.30. The minimum absolute atomic E-state index is 0.191. The molecule has 57 heavy (non-hydrogen) atoms. The van der Waals surface area contributed by atoms with Crippen molar-refractivity contribution >= 4 is 43.6 Å². The van der Waals surface area contributed by atoms with E-state index in [1.165, 1.54) is 12.1 Å². The molecule has 9 rings (SSSR count). The largest absolute Gasteiger partial charge is 0.416 e. The summed E-state index contributed by atoms with van der Waals surface area (Å²) in [7, 11) is 0. The van der Waals surface area contributed by atoms with Crippen LogP contribution in [0.2, 0.25) is 0 Å². The van der Waals surface area contributed by atoms with Crippen LogP contribution >= 0.6 is 0 Å². The SMILES string of the molecule is Cc1ccc2c(c1)c1ccccc1n2-c1ccc(C#N)cc1-c1cc(-c2ccc(C(F)(F)F)cc2C#N)ccc1-n1c2ccccc2c2cc(C(F)(F)F)ccc21. The summed E-state index contributed by atoms with van der Waals surface area (Å²) in [6.07, 6.45) is -9.26. The standard InChI is InChI=1S/C47H26F6N4/c1-27-10-16-42-36(20-27)34-6-2-4-8-40(34)56(42)43-17-11-28(25-54)21-37(43)38-23-29(33-15-13-31(46(48,49)50)22-30(33)26-55)12-18-44(38)57-41-9-5-3-7-35(41)39-24-32(47(51,52)53)14-19-45(39)57/h2-24H,1H3. The molecule has 0 amide bonds. The minimum Gasteiger partial charge on any atom is -0.309 e. The summed E-state index contributed by atoms with van der Waals surface area (Å²) in [6.45, 7) is 2.01. The monoisotopic (exact) mass is 760 g/mol. The van der Waals surface area contributed by atoms with Crippen molar-refractivity contribution in [3.63, 3.8) is 0 Å². The highest BCUT2D eigenvalue weighted by Gasteiger charge is 2.33. The highest BCUT2D eigenvalue weighted by Crippen LogP contribution is 2.44. The molecule has 0 aliphatic carbocycles. The smallest absolute Gasteiger partial charge is 0.309 e. The quantitative estimate of drug-likeness (QED) is 0.168. The van der Waals surface area contributed by atoms with E-state index in [1.807, 2.05) is 66.1 Å². The lowest BCUT2D eigenvalue weighted by molar-refractivity contribution is -0.138. The molecule has 0 saturated carbocycles. The number of hydrogen-bond donors (Lipinski definition) is 0. The second-order valence-corrected chi connectivity index (χ2v) is 13.9. The van der Waals surface area contributed by atoms with Gasteiger partial charge in [-0.3, -0.25) is 0 Å². The first-order chi connectivity index (χ1) is 27.4. The summed E-state index contributed by atoms with van der Waals surface area (Å²) < 4.78 is 87.5. The second kappa shape index (κ2) is 12.9. The maximum atomic E-state index is 14.1. The van der Waals surface area contributed by atoms with Crippen molar-refractivity contribution in [1.29, 1.82) is 10.5 Å². The second-order valence-electron chi connectivity index (χ2n) is 13.9. The molecular weight excluding hydrogens is 735 g/mol. The zero-order valence-corrected chi connectivity index (χ0v) is 29.8. The van der Waals surface area contributed by atoms with Gasteiger partial charge in [-0.25, -0.2) is 0 Å². The van der Waals surface area contributed by atoms with Crippen molar-refractivity contribution in [2.45, 2.75) is 19.3 Å². The first-order valence-corrected chi connectivity index (χ1v) is 17.8. The van der Waals surface area contributed by atoms with E-state index >= 15 is 0 Å². The van der Waals surface area contributed by atoms with Gasteiger partial charge in [0.15, 0.2) is 0 Å². The van der Waals surface area contributed by atoms with Crippen molar-refractivity contribution < 1.29 is 26.3 Å². The van der Waals surface area contributed by atoms with Crippen molar-refractivity contribution in [3.05, 3.63) is 167 Å². The van der Waals surface area contributed by atoms with Crippen molar-refractivity contribution in [2.24, 2.45) is 0 Å². The van der Waals surface area contributed by atoms with Crippen molar-refractivity contribution in [3.8, 4) is 45.8 Å². The molecule has 276 valence electrons. The van der Waals surface area contributed by atoms with E-state index in [4.69, 9.17) is 0 Å². The van der Waals surface area contributed by atoms with Gasteiger partial charge in [0, 0.05) is 32.7 Å². The number of nitrogens with zero attached hydrogens (tertiary/aromatic N) is 4. The van der Waals surface area contributed by atoms with Gasteiger partial charge >= 0.3 is 12.4 Å². The number of aromatic nitrogens is 2. The Labute approximate surface area is 321 Å². The average Bonchev–Trinajstić information content (AvgIpc) is 3.71. The summed E-state index contributed by atoms with van der Waals surface area (Å²) in [5, 5.41) is 23.3. The van der Waals surface area contributed by atoms with E-state index in [2.05, 4.69) is 16.7 Å². The average molecular weight is 761 g/mol. The number of hydrogen-bond acceptors (Lipinski definition) is 2. The van der Waals surface area contributed by atoms with Crippen LogP contribution in [0.1, 0.15) is 27.8 Å². The van der Waals surface area contributed by atoms with Gasteiger partial charge in [0.25, 0.3) is 0 Å². The topological polar surface area (TPSA) is 57.4 Å². The Morgan fingerprint density at radius 2 is 0.982 bits per heavy atom. The molecular formula is C47H26F6N4. The van der Waals surface area contributed by atoms with E-state index in [0.29, 0.717) is 55.4 Å². The van der Waals surface area contributed by atoms with Crippen LogP contribution in [0, 0.1) is 29.6 Å².